The highest BCUT2D eigenvalue weighted by Crippen LogP contribution is 2.34. The van der Waals surface area contributed by atoms with Gasteiger partial charge >= 0.3 is 0 Å². The predicted molar refractivity (Wildman–Crippen MR) is 51.9 cm³/mol. The first kappa shape index (κ1) is 10.5. The Labute approximate surface area is 87.4 Å². The van der Waals surface area contributed by atoms with Crippen LogP contribution in [-0.4, -0.2) is 31.5 Å². The van der Waals surface area contributed by atoms with Gasteiger partial charge in [-0.05, 0) is 6.07 Å². The lowest BCUT2D eigenvalue weighted by atomic mass is 9.91. The van der Waals surface area contributed by atoms with E-state index in [4.69, 9.17) is 14.6 Å². The topological polar surface area (TPSA) is 38.7 Å². The number of aliphatic hydroxyl groups is 1. The van der Waals surface area contributed by atoms with Crippen LogP contribution in [0.2, 0.25) is 0 Å². The smallest absolute Gasteiger partial charge is 0.142 e. The van der Waals surface area contributed by atoms with Crippen molar-refractivity contribution >= 4 is 0 Å². The zero-order valence-corrected chi connectivity index (χ0v) is 8.28. The van der Waals surface area contributed by atoms with E-state index in [0.29, 0.717) is 18.8 Å². The van der Waals surface area contributed by atoms with Crippen LogP contribution in [0.25, 0.3) is 0 Å². The van der Waals surface area contributed by atoms with Crippen molar-refractivity contribution in [1.82, 2.24) is 0 Å². The maximum atomic E-state index is 13.5. The molecule has 1 aliphatic heterocycles. The van der Waals surface area contributed by atoms with E-state index in [9.17, 15) is 4.39 Å². The van der Waals surface area contributed by atoms with Crippen molar-refractivity contribution in [2.45, 2.75) is 5.60 Å². The molecule has 1 aromatic rings. The third-order valence-corrected chi connectivity index (χ3v) is 2.50. The SMILES string of the molecule is OCCOC1(c2ccccc2F)COC1. The van der Waals surface area contributed by atoms with Crippen molar-refractivity contribution in [1.29, 1.82) is 0 Å². The van der Waals surface area contributed by atoms with Crippen LogP contribution in [0, 0.1) is 5.82 Å². The summed E-state index contributed by atoms with van der Waals surface area (Å²) in [5, 5.41) is 8.71. The van der Waals surface area contributed by atoms with Gasteiger partial charge in [-0.25, -0.2) is 4.39 Å². The lowest BCUT2D eigenvalue weighted by Crippen LogP contribution is -2.50. The van der Waals surface area contributed by atoms with Crippen LogP contribution in [-0.2, 0) is 15.1 Å². The number of hydrogen-bond acceptors (Lipinski definition) is 3. The molecule has 1 aromatic carbocycles. The predicted octanol–water partition coefficient (Wildman–Crippen LogP) is 1.06. The van der Waals surface area contributed by atoms with Crippen LogP contribution in [0.3, 0.4) is 0 Å². The third kappa shape index (κ3) is 1.88. The Morgan fingerprint density at radius 2 is 2.13 bits per heavy atom. The summed E-state index contributed by atoms with van der Waals surface area (Å²) in [5.74, 6) is -0.293. The molecule has 2 rings (SSSR count). The van der Waals surface area contributed by atoms with Crippen molar-refractivity contribution in [2.75, 3.05) is 26.4 Å². The summed E-state index contributed by atoms with van der Waals surface area (Å²) in [7, 11) is 0. The zero-order valence-electron chi connectivity index (χ0n) is 8.28. The number of hydrogen-bond donors (Lipinski definition) is 1. The quantitative estimate of drug-likeness (QED) is 0.811. The molecule has 1 heterocycles. The van der Waals surface area contributed by atoms with Crippen molar-refractivity contribution in [2.24, 2.45) is 0 Å². The highest BCUT2D eigenvalue weighted by atomic mass is 19.1. The van der Waals surface area contributed by atoms with Gasteiger partial charge in [-0.1, -0.05) is 18.2 Å². The fourth-order valence-corrected chi connectivity index (χ4v) is 1.68. The summed E-state index contributed by atoms with van der Waals surface area (Å²) < 4.78 is 24.1. The van der Waals surface area contributed by atoms with Crippen LogP contribution < -0.4 is 0 Å². The molecule has 1 saturated heterocycles. The summed E-state index contributed by atoms with van der Waals surface area (Å²) >= 11 is 0. The normalized spacial score (nSPS) is 18.5. The van der Waals surface area contributed by atoms with Crippen LogP contribution in [0.1, 0.15) is 5.56 Å². The first-order chi connectivity index (χ1) is 7.28. The van der Waals surface area contributed by atoms with Crippen LogP contribution >= 0.6 is 0 Å². The minimum Gasteiger partial charge on any atom is -0.394 e. The molecule has 3 nitrogen and oxygen atoms in total. The third-order valence-electron chi connectivity index (χ3n) is 2.50. The number of rotatable bonds is 4. The lowest BCUT2D eigenvalue weighted by Gasteiger charge is -2.41. The van der Waals surface area contributed by atoms with Crippen LogP contribution in [0.5, 0.6) is 0 Å². The number of halogens is 1. The summed E-state index contributed by atoms with van der Waals surface area (Å²) in [6, 6.07) is 6.49. The van der Waals surface area contributed by atoms with E-state index in [1.54, 1.807) is 18.2 Å². The largest absolute Gasteiger partial charge is 0.394 e. The van der Waals surface area contributed by atoms with Crippen molar-refractivity contribution in [3.8, 4) is 0 Å². The molecule has 0 aromatic heterocycles. The lowest BCUT2D eigenvalue weighted by molar-refractivity contribution is -0.221. The summed E-state index contributed by atoms with van der Waals surface area (Å²) in [4.78, 5) is 0. The van der Waals surface area contributed by atoms with Gasteiger partial charge in [0.05, 0.1) is 26.4 Å². The highest BCUT2D eigenvalue weighted by molar-refractivity contribution is 5.26. The molecule has 0 amide bonds. The van der Waals surface area contributed by atoms with E-state index in [-0.39, 0.29) is 19.0 Å². The molecule has 1 N–H and O–H groups in total. The number of aliphatic hydroxyl groups excluding tert-OH is 1. The van der Waals surface area contributed by atoms with Gasteiger partial charge < -0.3 is 14.6 Å². The molecular formula is C11H13FO3. The first-order valence-electron chi connectivity index (χ1n) is 4.86. The molecule has 1 fully saturated rings. The van der Waals surface area contributed by atoms with Gasteiger partial charge in [-0.3, -0.25) is 0 Å². The molecule has 4 heteroatoms. The standard InChI is InChI=1S/C11H13FO3/c12-10-4-2-1-3-9(10)11(7-14-8-11)15-6-5-13/h1-4,13H,5-8H2. The van der Waals surface area contributed by atoms with E-state index in [2.05, 4.69) is 0 Å². The second-order valence-electron chi connectivity index (χ2n) is 3.54. The Morgan fingerprint density at radius 3 is 2.67 bits per heavy atom. The molecule has 0 spiro atoms. The van der Waals surface area contributed by atoms with Crippen molar-refractivity contribution in [3.05, 3.63) is 35.6 Å². The monoisotopic (exact) mass is 212 g/mol. The molecular weight excluding hydrogens is 199 g/mol. The molecule has 0 radical (unpaired) electrons. The Hall–Kier alpha value is -0.970. The van der Waals surface area contributed by atoms with Gasteiger partial charge in [0.25, 0.3) is 0 Å². The van der Waals surface area contributed by atoms with E-state index >= 15 is 0 Å². The molecule has 15 heavy (non-hydrogen) atoms. The van der Waals surface area contributed by atoms with E-state index in [1.807, 2.05) is 0 Å². The van der Waals surface area contributed by atoms with Gasteiger partial charge in [0.2, 0.25) is 0 Å². The Kier molecular flexibility index (Phi) is 3.00. The van der Waals surface area contributed by atoms with Gasteiger partial charge in [0.15, 0.2) is 0 Å². The van der Waals surface area contributed by atoms with Gasteiger partial charge in [-0.15, -0.1) is 0 Å². The fourth-order valence-electron chi connectivity index (χ4n) is 1.68. The maximum Gasteiger partial charge on any atom is 0.142 e. The van der Waals surface area contributed by atoms with Crippen LogP contribution in [0.15, 0.2) is 24.3 Å². The fraction of sp³-hybridized carbons (Fsp3) is 0.455. The molecule has 0 bridgehead atoms. The molecule has 0 aliphatic carbocycles. The highest BCUT2D eigenvalue weighted by Gasteiger charge is 2.43. The van der Waals surface area contributed by atoms with E-state index in [0.717, 1.165) is 0 Å². The zero-order chi connectivity index (χ0) is 10.7. The average molecular weight is 212 g/mol. The van der Waals surface area contributed by atoms with Gasteiger partial charge in [-0.2, -0.15) is 0 Å². The Bertz CT molecular complexity index is 336. The number of ether oxygens (including phenoxy) is 2. The first-order valence-corrected chi connectivity index (χ1v) is 4.86. The second-order valence-corrected chi connectivity index (χ2v) is 3.54. The average Bonchev–Trinajstić information content (AvgIpc) is 2.19. The summed E-state index contributed by atoms with van der Waals surface area (Å²) in [5.41, 5.74) is -0.196. The molecule has 0 unspecified atom stereocenters. The molecule has 1 aliphatic rings. The molecule has 82 valence electrons. The Balaban J connectivity index is 2.22. The summed E-state index contributed by atoms with van der Waals surface area (Å²) in [6.07, 6.45) is 0. The Morgan fingerprint density at radius 1 is 1.40 bits per heavy atom. The van der Waals surface area contributed by atoms with Crippen molar-refractivity contribution in [3.63, 3.8) is 0 Å². The maximum absolute atomic E-state index is 13.5. The molecule has 0 atom stereocenters. The van der Waals surface area contributed by atoms with E-state index < -0.39 is 5.60 Å². The second kappa shape index (κ2) is 4.26. The minimum atomic E-state index is -0.700. The van der Waals surface area contributed by atoms with Gasteiger partial charge in [0.1, 0.15) is 11.4 Å². The molecule has 0 saturated carbocycles. The van der Waals surface area contributed by atoms with Crippen molar-refractivity contribution < 1.29 is 19.0 Å². The van der Waals surface area contributed by atoms with E-state index in [1.165, 1.54) is 6.07 Å². The minimum absolute atomic E-state index is 0.0732. The number of benzene rings is 1. The summed E-state index contributed by atoms with van der Waals surface area (Å²) in [6.45, 7) is 0.801. The van der Waals surface area contributed by atoms with Gasteiger partial charge in [0, 0.05) is 5.56 Å². The van der Waals surface area contributed by atoms with Crippen LogP contribution in [0.4, 0.5) is 4.39 Å².